The number of nitrogens with two attached hydrogens (primary N) is 1. The minimum atomic E-state index is -0.539. The summed E-state index contributed by atoms with van der Waals surface area (Å²) in [6, 6.07) is 10.1. The van der Waals surface area contributed by atoms with E-state index in [4.69, 9.17) is 5.73 Å². The first-order valence-corrected chi connectivity index (χ1v) is 8.91. The van der Waals surface area contributed by atoms with Crippen LogP contribution in [0.5, 0.6) is 0 Å². The van der Waals surface area contributed by atoms with E-state index in [1.165, 1.54) is 11.9 Å². The Kier molecular flexibility index (Phi) is 5.61. The number of aromatic nitrogens is 3. The lowest BCUT2D eigenvalue weighted by Crippen LogP contribution is -2.24. The van der Waals surface area contributed by atoms with Gasteiger partial charge in [0.05, 0.1) is 11.6 Å². The third-order valence-electron chi connectivity index (χ3n) is 4.51. The van der Waals surface area contributed by atoms with Gasteiger partial charge in [0.25, 0.3) is 5.91 Å². The Morgan fingerprint density at radius 2 is 1.74 bits per heavy atom. The van der Waals surface area contributed by atoms with Gasteiger partial charge < -0.3 is 16.4 Å². The molecule has 0 saturated carbocycles. The van der Waals surface area contributed by atoms with Gasteiger partial charge in [-0.2, -0.15) is 0 Å². The average Bonchev–Trinajstić information content (AvgIpc) is 2.67. The molecule has 1 unspecified atom stereocenters. The van der Waals surface area contributed by atoms with E-state index in [0.717, 1.165) is 5.56 Å². The maximum Gasteiger partial charge on any atom is 0.251 e. The predicted molar refractivity (Wildman–Crippen MR) is 107 cm³/mol. The number of likely N-dealkylation sites (N-methyl/N-ethyl adjacent to an activating group) is 1. The highest BCUT2D eigenvalue weighted by molar-refractivity contribution is 6.05. The van der Waals surface area contributed by atoms with Crippen LogP contribution in [-0.2, 0) is 0 Å². The molecule has 7 heteroatoms. The van der Waals surface area contributed by atoms with Crippen molar-refractivity contribution in [2.75, 3.05) is 18.9 Å². The van der Waals surface area contributed by atoms with E-state index in [1.54, 1.807) is 12.3 Å². The normalized spacial score (nSPS) is 12.3. The summed E-state index contributed by atoms with van der Waals surface area (Å²) in [5.74, 6) is 0.511. The number of anilines is 1. The van der Waals surface area contributed by atoms with Gasteiger partial charge in [-0.25, -0.2) is 9.97 Å². The molecule has 0 saturated heterocycles. The summed E-state index contributed by atoms with van der Waals surface area (Å²) < 4.78 is 0. The number of rotatable bonds is 7. The van der Waals surface area contributed by atoms with Crippen molar-refractivity contribution in [2.24, 2.45) is 5.73 Å². The zero-order valence-corrected chi connectivity index (χ0v) is 15.7. The molecule has 1 atom stereocenters. The molecule has 27 heavy (non-hydrogen) atoms. The fraction of sp³-hybridized carbons (Fsp3) is 0.300. The molecule has 1 amide bonds. The Hall–Kier alpha value is -3.06. The molecule has 0 aliphatic heterocycles. The van der Waals surface area contributed by atoms with Crippen molar-refractivity contribution >= 4 is 22.8 Å². The van der Waals surface area contributed by atoms with Gasteiger partial charge >= 0.3 is 0 Å². The minimum absolute atomic E-state index is 0.0200. The molecule has 140 valence electrons. The van der Waals surface area contributed by atoms with Crippen molar-refractivity contribution in [3.05, 3.63) is 59.5 Å². The van der Waals surface area contributed by atoms with Crippen LogP contribution in [0.3, 0.4) is 0 Å². The van der Waals surface area contributed by atoms with E-state index in [1.807, 2.05) is 7.05 Å². The number of pyridine rings is 1. The van der Waals surface area contributed by atoms with E-state index >= 15 is 0 Å². The van der Waals surface area contributed by atoms with Crippen molar-refractivity contribution in [2.45, 2.75) is 25.8 Å². The highest BCUT2D eigenvalue weighted by Gasteiger charge is 2.17. The van der Waals surface area contributed by atoms with Crippen molar-refractivity contribution < 1.29 is 4.79 Å². The molecule has 1 aromatic carbocycles. The second kappa shape index (κ2) is 8.09. The summed E-state index contributed by atoms with van der Waals surface area (Å²) in [4.78, 5) is 24.5. The number of carbonyl (C=O) groups is 1. The smallest absolute Gasteiger partial charge is 0.251 e. The molecular weight excluding hydrogens is 340 g/mol. The number of amides is 1. The maximum atomic E-state index is 11.7. The summed E-state index contributed by atoms with van der Waals surface area (Å²) in [5.41, 5.74) is 9.17. The van der Waals surface area contributed by atoms with E-state index in [9.17, 15) is 4.79 Å². The lowest BCUT2D eigenvalue weighted by Gasteiger charge is -2.21. The number of carbonyl (C=O) groups excluding carboxylic acids is 1. The molecule has 0 fully saturated rings. The van der Waals surface area contributed by atoms with E-state index < -0.39 is 5.91 Å². The zero-order chi connectivity index (χ0) is 19.4. The van der Waals surface area contributed by atoms with Crippen LogP contribution in [0.4, 0.5) is 5.82 Å². The standard InChI is InChI=1S/C20H24N6O/c1-12(2)13-4-6-14(7-5-13)16(10-22-3)26-20-18-17(24-11-25-20)15(19(21)27)8-9-23-18/h4-9,11-12,16,22H,10H2,1-3H3,(H2,21,27)(H,24,25,26). The number of fused-ring (bicyclic) bond motifs is 1. The number of primary amides is 1. The predicted octanol–water partition coefficient (Wildman–Crippen LogP) is 2.62. The lowest BCUT2D eigenvalue weighted by atomic mass is 9.99. The van der Waals surface area contributed by atoms with Gasteiger partial charge in [0, 0.05) is 12.7 Å². The Bertz CT molecular complexity index is 939. The highest BCUT2D eigenvalue weighted by atomic mass is 16.1. The summed E-state index contributed by atoms with van der Waals surface area (Å²) >= 11 is 0. The fourth-order valence-corrected chi connectivity index (χ4v) is 3.00. The summed E-state index contributed by atoms with van der Waals surface area (Å²) in [5, 5.41) is 6.63. The van der Waals surface area contributed by atoms with Crippen LogP contribution in [0.15, 0.2) is 42.9 Å². The summed E-state index contributed by atoms with van der Waals surface area (Å²) in [6.07, 6.45) is 2.96. The van der Waals surface area contributed by atoms with Crippen molar-refractivity contribution in [3.8, 4) is 0 Å². The Labute approximate surface area is 158 Å². The molecule has 0 radical (unpaired) electrons. The van der Waals surface area contributed by atoms with E-state index in [-0.39, 0.29) is 6.04 Å². The summed E-state index contributed by atoms with van der Waals surface area (Å²) in [7, 11) is 1.90. The summed E-state index contributed by atoms with van der Waals surface area (Å²) in [6.45, 7) is 5.04. The number of hydrogen-bond donors (Lipinski definition) is 3. The number of nitrogens with zero attached hydrogens (tertiary/aromatic N) is 3. The molecular formula is C20H24N6O. The molecule has 2 aromatic heterocycles. The molecule has 0 aliphatic carbocycles. The van der Waals surface area contributed by atoms with Gasteiger partial charge in [0.15, 0.2) is 5.82 Å². The topological polar surface area (TPSA) is 106 Å². The quantitative estimate of drug-likeness (QED) is 0.595. The van der Waals surface area contributed by atoms with Crippen LogP contribution >= 0.6 is 0 Å². The number of benzene rings is 1. The molecule has 3 rings (SSSR count). The molecule has 0 bridgehead atoms. The third kappa shape index (κ3) is 4.03. The number of nitrogens with one attached hydrogen (secondary N) is 2. The molecule has 0 spiro atoms. The molecule has 2 heterocycles. The van der Waals surface area contributed by atoms with Crippen LogP contribution in [0, 0.1) is 0 Å². The molecule has 3 aromatic rings. The highest BCUT2D eigenvalue weighted by Crippen LogP contribution is 2.25. The second-order valence-electron chi connectivity index (χ2n) is 6.72. The zero-order valence-electron chi connectivity index (χ0n) is 15.7. The molecule has 7 nitrogen and oxygen atoms in total. The largest absolute Gasteiger partial charge is 0.366 e. The maximum absolute atomic E-state index is 11.7. The van der Waals surface area contributed by atoms with E-state index in [0.29, 0.717) is 34.9 Å². The van der Waals surface area contributed by atoms with Crippen molar-refractivity contribution in [1.29, 1.82) is 0 Å². The fourth-order valence-electron chi connectivity index (χ4n) is 3.00. The number of hydrogen-bond acceptors (Lipinski definition) is 6. The van der Waals surface area contributed by atoms with Crippen LogP contribution < -0.4 is 16.4 Å². The van der Waals surface area contributed by atoms with Crippen molar-refractivity contribution in [1.82, 2.24) is 20.3 Å². The monoisotopic (exact) mass is 364 g/mol. The van der Waals surface area contributed by atoms with E-state index in [2.05, 4.69) is 63.7 Å². The first-order chi connectivity index (χ1) is 13.0. The lowest BCUT2D eigenvalue weighted by molar-refractivity contribution is 0.100. The van der Waals surface area contributed by atoms with Crippen molar-refractivity contribution in [3.63, 3.8) is 0 Å². The van der Waals surface area contributed by atoms with Gasteiger partial charge in [-0.3, -0.25) is 9.78 Å². The second-order valence-corrected chi connectivity index (χ2v) is 6.72. The molecule has 4 N–H and O–H groups in total. The first-order valence-electron chi connectivity index (χ1n) is 8.91. The van der Waals surface area contributed by atoms with Crippen LogP contribution in [0.1, 0.15) is 47.3 Å². The Balaban J connectivity index is 1.97. The third-order valence-corrected chi connectivity index (χ3v) is 4.51. The SMILES string of the molecule is CNCC(Nc1ncnc2c(C(N)=O)ccnc12)c1ccc(C(C)C)cc1. The van der Waals surface area contributed by atoms with Crippen LogP contribution in [0.2, 0.25) is 0 Å². The molecule has 0 aliphatic rings. The van der Waals surface area contributed by atoms with Gasteiger partial charge in [0.2, 0.25) is 0 Å². The Morgan fingerprint density at radius 1 is 1.04 bits per heavy atom. The average molecular weight is 364 g/mol. The first kappa shape index (κ1) is 18.7. The van der Waals surface area contributed by atoms with Gasteiger partial charge in [-0.05, 0) is 30.2 Å². The van der Waals surface area contributed by atoms with Crippen LogP contribution in [-0.4, -0.2) is 34.5 Å². The van der Waals surface area contributed by atoms with Crippen LogP contribution in [0.25, 0.3) is 11.0 Å². The Morgan fingerprint density at radius 3 is 2.37 bits per heavy atom. The van der Waals surface area contributed by atoms with Gasteiger partial charge in [-0.1, -0.05) is 38.1 Å². The van der Waals surface area contributed by atoms with Gasteiger partial charge in [-0.15, -0.1) is 0 Å². The van der Waals surface area contributed by atoms with Gasteiger partial charge in [0.1, 0.15) is 17.4 Å². The minimum Gasteiger partial charge on any atom is -0.366 e.